The van der Waals surface area contributed by atoms with Gasteiger partial charge in [-0.3, -0.25) is 9.98 Å². The van der Waals surface area contributed by atoms with E-state index in [4.69, 9.17) is 0 Å². The molecule has 0 atom stereocenters. The minimum absolute atomic E-state index is 0.911. The first-order chi connectivity index (χ1) is 7.36. The van der Waals surface area contributed by atoms with Crippen LogP contribution in [0.1, 0.15) is 5.56 Å². The van der Waals surface area contributed by atoms with Gasteiger partial charge in [0.1, 0.15) is 0 Å². The molecule has 0 fully saturated rings. The molecule has 80 valence electrons. The summed E-state index contributed by atoms with van der Waals surface area (Å²) in [5.41, 5.74) is 1.30. The van der Waals surface area contributed by atoms with Crippen molar-refractivity contribution in [3.8, 4) is 0 Å². The molecule has 0 saturated heterocycles. The fourth-order valence-electron chi connectivity index (χ4n) is 1.59. The Morgan fingerprint density at radius 3 is 2.87 bits per heavy atom. The molecule has 1 aromatic rings. The van der Waals surface area contributed by atoms with Gasteiger partial charge in [0.25, 0.3) is 0 Å². The number of aliphatic imine (C=N–C) groups is 1. The first-order valence-corrected chi connectivity index (χ1v) is 5.24. The van der Waals surface area contributed by atoms with Crippen LogP contribution in [-0.4, -0.2) is 42.5 Å². The summed E-state index contributed by atoms with van der Waals surface area (Å²) < 4.78 is 0. The third-order valence-electron chi connectivity index (χ3n) is 2.50. The van der Waals surface area contributed by atoms with E-state index in [2.05, 4.69) is 27.2 Å². The molecule has 1 aromatic heterocycles. The molecule has 15 heavy (non-hydrogen) atoms. The third kappa shape index (κ3) is 2.68. The summed E-state index contributed by atoms with van der Waals surface area (Å²) in [6, 6.07) is 4.09. The predicted molar refractivity (Wildman–Crippen MR) is 60.9 cm³/mol. The Kier molecular flexibility index (Phi) is 3.17. The molecular formula is C11H16N4. The fourth-order valence-corrected chi connectivity index (χ4v) is 1.59. The Balaban J connectivity index is 1.76. The van der Waals surface area contributed by atoms with Crippen molar-refractivity contribution < 1.29 is 0 Å². The molecule has 0 saturated carbocycles. The first-order valence-electron chi connectivity index (χ1n) is 5.24. The summed E-state index contributed by atoms with van der Waals surface area (Å²) in [7, 11) is 2.06. The molecule has 1 aliphatic heterocycles. The standard InChI is InChI=1S/C11H16N4/c1-15-9-8-14-11(15)13-7-4-10-2-5-12-6-3-10/h2-3,5-6H,4,7-9H2,1H3,(H,13,14). The Bertz CT molecular complexity index is 334. The highest BCUT2D eigenvalue weighted by Gasteiger charge is 2.10. The lowest BCUT2D eigenvalue weighted by atomic mass is 10.2. The zero-order valence-electron chi connectivity index (χ0n) is 8.98. The van der Waals surface area contributed by atoms with Gasteiger partial charge in [0.15, 0.2) is 5.96 Å². The molecule has 0 aliphatic carbocycles. The van der Waals surface area contributed by atoms with Gasteiger partial charge in [-0.15, -0.1) is 0 Å². The van der Waals surface area contributed by atoms with Gasteiger partial charge in [0, 0.05) is 32.5 Å². The van der Waals surface area contributed by atoms with Crippen molar-refractivity contribution in [1.29, 1.82) is 0 Å². The van der Waals surface area contributed by atoms with Gasteiger partial charge in [-0.2, -0.15) is 0 Å². The van der Waals surface area contributed by atoms with Crippen LogP contribution in [-0.2, 0) is 6.42 Å². The number of rotatable bonds is 3. The van der Waals surface area contributed by atoms with Crippen molar-refractivity contribution in [3.63, 3.8) is 0 Å². The topological polar surface area (TPSA) is 40.5 Å². The summed E-state index contributed by atoms with van der Waals surface area (Å²) >= 11 is 0. The maximum atomic E-state index is 4.37. The largest absolute Gasteiger partial charge is 0.356 e. The highest BCUT2D eigenvalue weighted by molar-refractivity contribution is 5.81. The van der Waals surface area contributed by atoms with Crippen molar-refractivity contribution in [1.82, 2.24) is 15.2 Å². The smallest absolute Gasteiger partial charge is 0.193 e. The summed E-state index contributed by atoms with van der Waals surface area (Å²) in [5.74, 6) is 1.02. The van der Waals surface area contributed by atoms with Gasteiger partial charge in [-0.05, 0) is 24.1 Å². The SMILES string of the molecule is CN1CCN=C1NCCc1ccncc1. The molecule has 0 spiro atoms. The third-order valence-corrected chi connectivity index (χ3v) is 2.50. The van der Waals surface area contributed by atoms with Crippen molar-refractivity contribution >= 4 is 5.96 Å². The van der Waals surface area contributed by atoms with E-state index < -0.39 is 0 Å². The summed E-state index contributed by atoms with van der Waals surface area (Å²) in [6.45, 7) is 2.86. The lowest BCUT2D eigenvalue weighted by Gasteiger charge is -2.14. The van der Waals surface area contributed by atoms with Crippen LogP contribution in [0.5, 0.6) is 0 Å². The van der Waals surface area contributed by atoms with Gasteiger partial charge in [-0.1, -0.05) is 0 Å². The molecule has 4 heteroatoms. The minimum atomic E-state index is 0.911. The maximum Gasteiger partial charge on any atom is 0.193 e. The van der Waals surface area contributed by atoms with Crippen LogP contribution in [0.15, 0.2) is 29.5 Å². The molecular weight excluding hydrogens is 188 g/mol. The van der Waals surface area contributed by atoms with Crippen molar-refractivity contribution in [2.24, 2.45) is 4.99 Å². The molecule has 1 N–H and O–H groups in total. The number of hydrogen-bond acceptors (Lipinski definition) is 4. The average molecular weight is 204 g/mol. The Morgan fingerprint density at radius 1 is 1.40 bits per heavy atom. The zero-order chi connectivity index (χ0) is 10.5. The van der Waals surface area contributed by atoms with Crippen LogP contribution < -0.4 is 5.32 Å². The van der Waals surface area contributed by atoms with E-state index in [9.17, 15) is 0 Å². The predicted octanol–water partition coefficient (Wildman–Crippen LogP) is 0.515. The van der Waals surface area contributed by atoms with Crippen molar-refractivity contribution in [3.05, 3.63) is 30.1 Å². The second kappa shape index (κ2) is 4.77. The van der Waals surface area contributed by atoms with E-state index in [0.29, 0.717) is 0 Å². The lowest BCUT2D eigenvalue weighted by molar-refractivity contribution is 0.534. The Labute approximate surface area is 90.0 Å². The van der Waals surface area contributed by atoms with E-state index in [1.807, 2.05) is 24.5 Å². The number of aromatic nitrogens is 1. The summed E-state index contributed by atoms with van der Waals surface area (Å²) in [6.07, 6.45) is 4.67. The van der Waals surface area contributed by atoms with Crippen molar-refractivity contribution in [2.45, 2.75) is 6.42 Å². The van der Waals surface area contributed by atoms with E-state index in [1.54, 1.807) is 0 Å². The van der Waals surface area contributed by atoms with E-state index >= 15 is 0 Å². The highest BCUT2D eigenvalue weighted by atomic mass is 15.3. The highest BCUT2D eigenvalue weighted by Crippen LogP contribution is 1.98. The number of nitrogens with zero attached hydrogens (tertiary/aromatic N) is 3. The summed E-state index contributed by atoms with van der Waals surface area (Å²) in [5, 5.41) is 3.34. The normalized spacial score (nSPS) is 15.3. The lowest BCUT2D eigenvalue weighted by Crippen LogP contribution is -2.36. The molecule has 2 heterocycles. The number of guanidine groups is 1. The molecule has 0 amide bonds. The van der Waals surface area contributed by atoms with Gasteiger partial charge < -0.3 is 10.2 Å². The molecule has 4 nitrogen and oxygen atoms in total. The molecule has 1 aliphatic rings. The molecule has 0 unspecified atom stereocenters. The van der Waals surface area contributed by atoms with Gasteiger partial charge >= 0.3 is 0 Å². The molecule has 0 radical (unpaired) electrons. The quantitative estimate of drug-likeness (QED) is 0.780. The van der Waals surface area contributed by atoms with Crippen LogP contribution >= 0.6 is 0 Å². The number of nitrogens with one attached hydrogen (secondary N) is 1. The number of likely N-dealkylation sites (N-methyl/N-ethyl adjacent to an activating group) is 1. The van der Waals surface area contributed by atoms with Gasteiger partial charge in [0.2, 0.25) is 0 Å². The van der Waals surface area contributed by atoms with Gasteiger partial charge in [-0.25, -0.2) is 0 Å². The minimum Gasteiger partial charge on any atom is -0.356 e. The zero-order valence-corrected chi connectivity index (χ0v) is 8.98. The Hall–Kier alpha value is -1.58. The van der Waals surface area contributed by atoms with E-state index in [1.165, 1.54) is 5.56 Å². The molecule has 0 aromatic carbocycles. The van der Waals surface area contributed by atoms with E-state index in [0.717, 1.165) is 32.0 Å². The van der Waals surface area contributed by atoms with Crippen LogP contribution in [0, 0.1) is 0 Å². The fraction of sp³-hybridized carbons (Fsp3) is 0.455. The molecule has 2 rings (SSSR count). The maximum absolute atomic E-state index is 4.37. The van der Waals surface area contributed by atoms with Crippen LogP contribution in [0.3, 0.4) is 0 Å². The summed E-state index contributed by atoms with van der Waals surface area (Å²) in [4.78, 5) is 10.5. The second-order valence-electron chi connectivity index (χ2n) is 3.66. The second-order valence-corrected chi connectivity index (χ2v) is 3.66. The van der Waals surface area contributed by atoms with E-state index in [-0.39, 0.29) is 0 Å². The monoisotopic (exact) mass is 204 g/mol. The average Bonchev–Trinajstić information content (AvgIpc) is 2.66. The van der Waals surface area contributed by atoms with Crippen molar-refractivity contribution in [2.75, 3.05) is 26.7 Å². The number of hydrogen-bond donors (Lipinski definition) is 1. The number of pyridine rings is 1. The van der Waals surface area contributed by atoms with Gasteiger partial charge in [0.05, 0.1) is 6.54 Å². The first kappa shape index (κ1) is 9.96. The Morgan fingerprint density at radius 2 is 2.20 bits per heavy atom. The van der Waals surface area contributed by atoms with Crippen LogP contribution in [0.25, 0.3) is 0 Å². The van der Waals surface area contributed by atoms with Crippen LogP contribution in [0.2, 0.25) is 0 Å². The van der Waals surface area contributed by atoms with Crippen LogP contribution in [0.4, 0.5) is 0 Å². The molecule has 0 bridgehead atoms.